The van der Waals surface area contributed by atoms with E-state index in [1.54, 1.807) is 0 Å². The Bertz CT molecular complexity index is 1900. The van der Waals surface area contributed by atoms with Crippen molar-refractivity contribution in [2.75, 3.05) is 6.16 Å². The summed E-state index contributed by atoms with van der Waals surface area (Å²) >= 11 is 7.71. The normalized spacial score (nSPS) is 16.0. The molecule has 0 amide bonds. The molecule has 6 aromatic rings. The van der Waals surface area contributed by atoms with Gasteiger partial charge in [0, 0.05) is 37.5 Å². The van der Waals surface area contributed by atoms with Gasteiger partial charge in [-0.05, 0) is 60.3 Å². The van der Waals surface area contributed by atoms with Gasteiger partial charge in [0.15, 0.2) is 0 Å². The van der Waals surface area contributed by atoms with E-state index < -0.39 is 6.70 Å². The molecule has 3 aromatic heterocycles. The fourth-order valence-electron chi connectivity index (χ4n) is 5.57. The van der Waals surface area contributed by atoms with Gasteiger partial charge in [-0.2, -0.15) is 0 Å². The van der Waals surface area contributed by atoms with E-state index in [1.807, 2.05) is 23.6 Å². The highest BCUT2D eigenvalue weighted by Gasteiger charge is 2.23. The van der Waals surface area contributed by atoms with Gasteiger partial charge < -0.3 is 0 Å². The zero-order valence-electron chi connectivity index (χ0n) is 20.7. The Hall–Kier alpha value is -3.11. The first-order valence-corrected chi connectivity index (χ1v) is 16.4. The lowest BCUT2D eigenvalue weighted by atomic mass is 9.94. The predicted molar refractivity (Wildman–Crippen MR) is 165 cm³/mol. The Labute approximate surface area is 225 Å². The Kier molecular flexibility index (Phi) is 5.62. The van der Waals surface area contributed by atoms with Crippen LogP contribution in [0.3, 0.4) is 0 Å². The molecule has 0 N–H and O–H groups in total. The first-order valence-electron chi connectivity index (χ1n) is 12.8. The lowest BCUT2D eigenvalue weighted by Gasteiger charge is -2.12. The molecular formula is C31H26N3PS2. The largest absolute Gasteiger partial charge is 0.278 e. The van der Waals surface area contributed by atoms with Gasteiger partial charge in [0.1, 0.15) is 0 Å². The minimum Gasteiger partial charge on any atom is -0.278 e. The molecule has 2 atom stereocenters. The molecular weight excluding hydrogens is 509 g/mol. The van der Waals surface area contributed by atoms with Crippen LogP contribution in [-0.2, 0) is 11.8 Å². The summed E-state index contributed by atoms with van der Waals surface area (Å²) in [5.41, 5.74) is 5.69. The van der Waals surface area contributed by atoms with E-state index in [0.717, 1.165) is 34.9 Å². The van der Waals surface area contributed by atoms with Crippen LogP contribution in [-0.4, -0.2) is 20.7 Å². The summed E-state index contributed by atoms with van der Waals surface area (Å²) in [6.45, 7) is 3.57. The molecule has 0 spiro atoms. The van der Waals surface area contributed by atoms with E-state index in [4.69, 9.17) is 21.8 Å². The molecule has 3 nitrogen and oxygen atoms in total. The smallest absolute Gasteiger partial charge is 0.235 e. The molecule has 37 heavy (non-hydrogen) atoms. The van der Waals surface area contributed by atoms with Gasteiger partial charge in [0.2, 0.25) is 5.95 Å². The summed E-state index contributed by atoms with van der Waals surface area (Å²) in [5, 5.41) is 5.16. The second kappa shape index (κ2) is 9.02. The van der Waals surface area contributed by atoms with Crippen molar-refractivity contribution in [3.63, 3.8) is 0 Å². The van der Waals surface area contributed by atoms with Crippen molar-refractivity contribution in [2.24, 2.45) is 0 Å². The number of aromatic nitrogens is 3. The second-order valence-corrected chi connectivity index (χ2v) is 14.4. The number of fused-ring (bicyclic) bond motifs is 7. The maximum Gasteiger partial charge on any atom is 0.235 e. The van der Waals surface area contributed by atoms with Gasteiger partial charge in [-0.3, -0.25) is 4.57 Å². The monoisotopic (exact) mass is 535 g/mol. The molecule has 3 aromatic carbocycles. The van der Waals surface area contributed by atoms with Crippen molar-refractivity contribution >= 4 is 73.1 Å². The topological polar surface area (TPSA) is 30.7 Å². The van der Waals surface area contributed by atoms with Crippen LogP contribution >= 0.6 is 18.0 Å². The van der Waals surface area contributed by atoms with E-state index in [-0.39, 0.29) is 0 Å². The van der Waals surface area contributed by atoms with Crippen LogP contribution in [0, 0.1) is 0 Å². The van der Waals surface area contributed by atoms with Gasteiger partial charge in [0.25, 0.3) is 0 Å². The van der Waals surface area contributed by atoms with Crippen molar-refractivity contribution < 1.29 is 0 Å². The van der Waals surface area contributed by atoms with Gasteiger partial charge >= 0.3 is 0 Å². The maximum atomic E-state index is 5.75. The zero-order valence-corrected chi connectivity index (χ0v) is 23.4. The fourth-order valence-corrected chi connectivity index (χ4v) is 8.37. The molecule has 1 aliphatic carbocycles. The minimum atomic E-state index is -0.940. The molecule has 2 unspecified atom stereocenters. The summed E-state index contributed by atoms with van der Waals surface area (Å²) in [4.78, 5) is 11.4. The van der Waals surface area contributed by atoms with Gasteiger partial charge in [-0.25, -0.2) is 9.97 Å². The highest BCUT2D eigenvalue weighted by molar-refractivity contribution is 8.08. The maximum absolute atomic E-state index is 5.75. The van der Waals surface area contributed by atoms with Crippen molar-refractivity contribution in [1.29, 1.82) is 0 Å². The second-order valence-electron chi connectivity index (χ2n) is 9.71. The van der Waals surface area contributed by atoms with Crippen LogP contribution in [0.1, 0.15) is 36.6 Å². The molecule has 0 saturated carbocycles. The van der Waals surface area contributed by atoms with Gasteiger partial charge in [0.05, 0.1) is 16.7 Å². The summed E-state index contributed by atoms with van der Waals surface area (Å²) in [6.07, 6.45) is 8.65. The summed E-state index contributed by atoms with van der Waals surface area (Å²) in [7, 11) is 0. The van der Waals surface area contributed by atoms with Gasteiger partial charge in [-0.15, -0.1) is 11.3 Å². The minimum absolute atomic E-state index is 0.557. The lowest BCUT2D eigenvalue weighted by Crippen LogP contribution is -2.03. The first-order chi connectivity index (χ1) is 18.1. The number of rotatable bonds is 4. The molecule has 0 fully saturated rings. The number of benzene rings is 3. The SMILES string of the molecule is CC[PH](=S)c1cccc(-c2ccnc(-n3c4ccccc4c4c5sc6c(c5ccc43)C=CCC6C)n2)c1. The molecule has 0 radical (unpaired) electrons. The van der Waals surface area contributed by atoms with Crippen molar-refractivity contribution in [1.82, 2.24) is 14.5 Å². The Morgan fingerprint density at radius 1 is 1.03 bits per heavy atom. The summed E-state index contributed by atoms with van der Waals surface area (Å²) in [5.74, 6) is 1.25. The molecule has 182 valence electrons. The number of hydrogen-bond donors (Lipinski definition) is 0. The third-order valence-electron chi connectivity index (χ3n) is 7.42. The van der Waals surface area contributed by atoms with Crippen LogP contribution in [0.4, 0.5) is 0 Å². The van der Waals surface area contributed by atoms with Crippen molar-refractivity contribution in [3.8, 4) is 17.2 Å². The Morgan fingerprint density at radius 2 is 1.92 bits per heavy atom. The Balaban J connectivity index is 1.48. The zero-order chi connectivity index (χ0) is 25.1. The molecule has 7 rings (SSSR count). The third kappa shape index (κ3) is 3.64. The average Bonchev–Trinajstić information content (AvgIpc) is 3.49. The molecule has 3 heterocycles. The third-order valence-corrected chi connectivity index (χ3v) is 12.1. The van der Waals surface area contributed by atoms with Crippen molar-refractivity contribution in [2.45, 2.75) is 26.2 Å². The highest BCUT2D eigenvalue weighted by Crippen LogP contribution is 2.46. The van der Waals surface area contributed by atoms with Crippen LogP contribution in [0.2, 0.25) is 0 Å². The summed E-state index contributed by atoms with van der Waals surface area (Å²) in [6, 6.07) is 23.8. The predicted octanol–water partition coefficient (Wildman–Crippen LogP) is 8.30. The quantitative estimate of drug-likeness (QED) is 0.213. The van der Waals surface area contributed by atoms with E-state index in [1.165, 1.54) is 36.6 Å². The number of allylic oxidation sites excluding steroid dienone is 1. The van der Waals surface area contributed by atoms with E-state index in [9.17, 15) is 0 Å². The van der Waals surface area contributed by atoms with E-state index >= 15 is 0 Å². The molecule has 6 heteroatoms. The fraction of sp³-hybridized carbons (Fsp3) is 0.161. The van der Waals surface area contributed by atoms with Crippen LogP contribution < -0.4 is 5.30 Å². The molecule has 0 bridgehead atoms. The number of nitrogens with zero attached hydrogens (tertiary/aromatic N) is 3. The highest BCUT2D eigenvalue weighted by atomic mass is 32.4. The first kappa shape index (κ1) is 23.0. The van der Waals surface area contributed by atoms with Crippen LogP contribution in [0.5, 0.6) is 0 Å². The molecule has 1 aliphatic rings. The van der Waals surface area contributed by atoms with Crippen LogP contribution in [0.25, 0.3) is 55.2 Å². The number of para-hydroxylation sites is 1. The van der Waals surface area contributed by atoms with Crippen molar-refractivity contribution in [3.05, 3.63) is 89.4 Å². The molecule has 0 aliphatic heterocycles. The van der Waals surface area contributed by atoms with Crippen LogP contribution in [0.15, 0.2) is 79.0 Å². The average molecular weight is 536 g/mol. The summed E-state index contributed by atoms with van der Waals surface area (Å²) < 4.78 is 3.59. The van der Waals surface area contributed by atoms with E-state index in [2.05, 4.69) is 91.2 Å². The van der Waals surface area contributed by atoms with Gasteiger partial charge in [-0.1, -0.05) is 80.3 Å². The number of hydrogen-bond acceptors (Lipinski definition) is 4. The number of thiophene rings is 1. The standard InChI is InChI=1S/C31H26N3PS2/c1-3-35(36)21-10-7-9-20(18-21)25-16-17-32-31(33-25)34-26-13-5-4-11-24(26)28-27(34)15-14-23-22-12-6-8-19(2)29(22)37-30(23)28/h4-7,9-19,35H,3,8H2,1-2H3. The lowest BCUT2D eigenvalue weighted by molar-refractivity contribution is 0.791. The molecule has 0 saturated heterocycles. The van der Waals surface area contributed by atoms with E-state index in [0.29, 0.717) is 11.9 Å². The Morgan fingerprint density at radius 3 is 2.81 bits per heavy atom.